The minimum Gasteiger partial charge on any atom is -0.504 e. The lowest BCUT2D eigenvalue weighted by molar-refractivity contribution is 0.359. The number of aromatic hydroxyl groups is 2. The number of rotatable bonds is 6. The van der Waals surface area contributed by atoms with E-state index in [2.05, 4.69) is 50.8 Å². The first-order valence-electron chi connectivity index (χ1n) is 7.81. The first-order chi connectivity index (χ1) is 10.8. The van der Waals surface area contributed by atoms with Crippen molar-refractivity contribution < 1.29 is 10.2 Å². The molecule has 3 N–H and O–H groups in total. The topological polar surface area (TPSA) is 52.5 Å². The number of phenols is 2. The van der Waals surface area contributed by atoms with Crippen molar-refractivity contribution >= 4 is 12.6 Å². The Kier molecular flexibility index (Phi) is 5.60. The lowest BCUT2D eigenvalue weighted by Crippen LogP contribution is -2.39. The second kappa shape index (κ2) is 7.28. The lowest BCUT2D eigenvalue weighted by Gasteiger charge is -2.27. The van der Waals surface area contributed by atoms with Crippen molar-refractivity contribution in [3.8, 4) is 11.5 Å². The molecule has 0 amide bonds. The van der Waals surface area contributed by atoms with Gasteiger partial charge in [0, 0.05) is 17.0 Å². The zero-order valence-electron chi connectivity index (χ0n) is 13.9. The fourth-order valence-electron chi connectivity index (χ4n) is 2.45. The second-order valence-corrected chi connectivity index (χ2v) is 7.19. The highest BCUT2D eigenvalue weighted by Crippen LogP contribution is 2.26. The van der Waals surface area contributed by atoms with E-state index < -0.39 is 0 Å². The summed E-state index contributed by atoms with van der Waals surface area (Å²) >= 11 is 4.40. The van der Waals surface area contributed by atoms with Gasteiger partial charge >= 0.3 is 0 Å². The third-order valence-corrected chi connectivity index (χ3v) is 4.45. The van der Waals surface area contributed by atoms with Gasteiger partial charge in [0.25, 0.3) is 0 Å². The predicted molar refractivity (Wildman–Crippen MR) is 97.4 cm³/mol. The summed E-state index contributed by atoms with van der Waals surface area (Å²) in [5.41, 5.74) is 3.50. The average molecular weight is 331 g/mol. The quantitative estimate of drug-likeness (QED) is 0.474. The number of hydrogen-bond acceptors (Lipinski definition) is 4. The fraction of sp³-hybridized carbons (Fsp3) is 0.368. The van der Waals surface area contributed by atoms with Gasteiger partial charge in [0.05, 0.1) is 0 Å². The van der Waals surface area contributed by atoms with Crippen LogP contribution in [0.5, 0.6) is 11.5 Å². The minimum atomic E-state index is -0.0757. The van der Waals surface area contributed by atoms with E-state index in [9.17, 15) is 10.2 Å². The van der Waals surface area contributed by atoms with Crippen LogP contribution in [0, 0.1) is 6.92 Å². The molecule has 124 valence electrons. The predicted octanol–water partition coefficient (Wildman–Crippen LogP) is 4.20. The Morgan fingerprint density at radius 1 is 1.04 bits per heavy atom. The van der Waals surface area contributed by atoms with E-state index >= 15 is 0 Å². The van der Waals surface area contributed by atoms with Gasteiger partial charge in [0.15, 0.2) is 11.5 Å². The molecule has 0 saturated heterocycles. The first kappa shape index (κ1) is 17.7. The van der Waals surface area contributed by atoms with Crippen molar-refractivity contribution in [1.82, 2.24) is 5.32 Å². The smallest absolute Gasteiger partial charge is 0.157 e. The van der Waals surface area contributed by atoms with Crippen LogP contribution < -0.4 is 5.32 Å². The number of benzene rings is 2. The summed E-state index contributed by atoms with van der Waals surface area (Å²) < 4.78 is 0. The first-order valence-corrected chi connectivity index (χ1v) is 8.26. The van der Waals surface area contributed by atoms with Crippen LogP contribution in [0.1, 0.15) is 37.0 Å². The molecule has 0 bridgehead atoms. The van der Waals surface area contributed by atoms with Crippen LogP contribution in [0.2, 0.25) is 0 Å². The molecule has 4 heteroatoms. The molecule has 0 radical (unpaired) electrons. The van der Waals surface area contributed by atoms with E-state index in [0.717, 1.165) is 29.8 Å². The highest BCUT2D eigenvalue weighted by Gasteiger charge is 2.17. The molecule has 0 fully saturated rings. The molecule has 0 aromatic heterocycles. The normalized spacial score (nSPS) is 11.7. The number of phenolic OH excluding ortho intramolecular Hbond substituents is 2. The van der Waals surface area contributed by atoms with E-state index in [1.54, 1.807) is 6.07 Å². The van der Waals surface area contributed by atoms with Gasteiger partial charge in [-0.15, -0.1) is 12.6 Å². The highest BCUT2D eigenvalue weighted by atomic mass is 32.1. The molecule has 0 atom stereocenters. The van der Waals surface area contributed by atoms with Crippen LogP contribution >= 0.6 is 12.6 Å². The van der Waals surface area contributed by atoms with Crippen LogP contribution in [-0.4, -0.2) is 15.8 Å². The molecule has 0 spiro atoms. The molecule has 2 aromatic rings. The van der Waals surface area contributed by atoms with Gasteiger partial charge in [-0.25, -0.2) is 0 Å². The highest BCUT2D eigenvalue weighted by molar-refractivity contribution is 7.80. The zero-order chi connectivity index (χ0) is 17.0. The zero-order valence-corrected chi connectivity index (χ0v) is 14.8. The Labute approximate surface area is 143 Å². The number of nitrogens with one attached hydrogen (secondary N) is 1. The van der Waals surface area contributed by atoms with Crippen molar-refractivity contribution in [3.63, 3.8) is 0 Å². The van der Waals surface area contributed by atoms with Gasteiger partial charge < -0.3 is 15.5 Å². The molecule has 0 aliphatic rings. The molecule has 2 rings (SSSR count). The summed E-state index contributed by atoms with van der Waals surface area (Å²) in [6.45, 7) is 7.25. The maximum Gasteiger partial charge on any atom is 0.157 e. The Balaban J connectivity index is 1.93. The Morgan fingerprint density at radius 3 is 2.48 bits per heavy atom. The average Bonchev–Trinajstić information content (AvgIpc) is 2.49. The number of thiol groups is 1. The van der Waals surface area contributed by atoms with Gasteiger partial charge in [-0.1, -0.05) is 12.1 Å². The van der Waals surface area contributed by atoms with Gasteiger partial charge in [0.1, 0.15) is 0 Å². The van der Waals surface area contributed by atoms with Crippen LogP contribution in [0.3, 0.4) is 0 Å². The Bertz CT molecular complexity index is 683. The SMILES string of the molecule is Cc1ccc(S)cc1CNC(C)(C)CCc1ccc(O)c(O)c1. The molecule has 0 saturated carbocycles. The summed E-state index contributed by atoms with van der Waals surface area (Å²) in [4.78, 5) is 0.977. The fourth-order valence-corrected chi connectivity index (χ4v) is 2.68. The lowest BCUT2D eigenvalue weighted by atomic mass is 9.94. The van der Waals surface area contributed by atoms with E-state index in [4.69, 9.17) is 0 Å². The molecule has 0 aliphatic carbocycles. The van der Waals surface area contributed by atoms with Gasteiger partial charge in [-0.05, 0) is 74.6 Å². The van der Waals surface area contributed by atoms with E-state index in [0.29, 0.717) is 0 Å². The van der Waals surface area contributed by atoms with Crippen molar-refractivity contribution in [2.24, 2.45) is 0 Å². The van der Waals surface area contributed by atoms with E-state index in [1.165, 1.54) is 17.2 Å². The summed E-state index contributed by atoms with van der Waals surface area (Å²) in [6, 6.07) is 11.2. The largest absolute Gasteiger partial charge is 0.504 e. The van der Waals surface area contributed by atoms with Crippen LogP contribution in [0.15, 0.2) is 41.3 Å². The van der Waals surface area contributed by atoms with Gasteiger partial charge in [0.2, 0.25) is 0 Å². The Morgan fingerprint density at radius 2 is 1.78 bits per heavy atom. The maximum absolute atomic E-state index is 9.57. The molecule has 0 heterocycles. The monoisotopic (exact) mass is 331 g/mol. The molecule has 2 aromatic carbocycles. The summed E-state index contributed by atoms with van der Waals surface area (Å²) in [5.74, 6) is -0.136. The van der Waals surface area contributed by atoms with Crippen molar-refractivity contribution in [3.05, 3.63) is 53.1 Å². The third kappa shape index (κ3) is 5.19. The van der Waals surface area contributed by atoms with E-state index in [-0.39, 0.29) is 17.0 Å². The molecule has 0 aliphatic heterocycles. The maximum atomic E-state index is 9.57. The number of hydrogen-bond donors (Lipinski definition) is 4. The van der Waals surface area contributed by atoms with Gasteiger partial charge in [-0.2, -0.15) is 0 Å². The molecular weight excluding hydrogens is 306 g/mol. The molecule has 0 unspecified atom stereocenters. The summed E-state index contributed by atoms with van der Waals surface area (Å²) in [6.07, 6.45) is 1.76. The molecule has 23 heavy (non-hydrogen) atoms. The number of aryl methyl sites for hydroxylation is 2. The summed E-state index contributed by atoms with van der Waals surface area (Å²) in [5, 5.41) is 22.5. The third-order valence-electron chi connectivity index (χ3n) is 4.17. The van der Waals surface area contributed by atoms with Crippen molar-refractivity contribution in [2.75, 3.05) is 0 Å². The molecule has 3 nitrogen and oxygen atoms in total. The standard InChI is InChI=1S/C19H25NO2S/c1-13-4-6-16(23)11-15(13)12-20-19(2,3)9-8-14-5-7-17(21)18(22)10-14/h4-7,10-11,20-23H,8-9,12H2,1-3H3. The van der Waals surface area contributed by atoms with Crippen molar-refractivity contribution in [2.45, 2.75) is 50.6 Å². The second-order valence-electron chi connectivity index (χ2n) is 6.67. The van der Waals surface area contributed by atoms with E-state index in [1.807, 2.05) is 12.1 Å². The summed E-state index contributed by atoms with van der Waals surface area (Å²) in [7, 11) is 0. The van der Waals surface area contributed by atoms with Crippen molar-refractivity contribution in [1.29, 1.82) is 0 Å². The van der Waals surface area contributed by atoms with Gasteiger partial charge in [-0.3, -0.25) is 0 Å². The van der Waals surface area contributed by atoms with Crippen LogP contribution in [-0.2, 0) is 13.0 Å². The van der Waals surface area contributed by atoms with Crippen LogP contribution in [0.4, 0.5) is 0 Å². The van der Waals surface area contributed by atoms with Crippen LogP contribution in [0.25, 0.3) is 0 Å². The Hall–Kier alpha value is -1.65. The minimum absolute atomic E-state index is 0.0352. The molecular formula is C19H25NO2S.